The van der Waals surface area contributed by atoms with Crippen molar-refractivity contribution in [1.29, 1.82) is 0 Å². The van der Waals surface area contributed by atoms with Crippen molar-refractivity contribution in [3.63, 3.8) is 0 Å². The fourth-order valence-electron chi connectivity index (χ4n) is 4.95. The Balaban J connectivity index is 1.10. The largest absolute Gasteiger partial charge is 0.490 e. The molecule has 0 radical (unpaired) electrons. The van der Waals surface area contributed by atoms with Crippen LogP contribution in [0.15, 0.2) is 66.9 Å². The van der Waals surface area contributed by atoms with E-state index in [-0.39, 0.29) is 0 Å². The van der Waals surface area contributed by atoms with Crippen LogP contribution in [0.2, 0.25) is 0 Å². The monoisotopic (exact) mass is 502 g/mol. The van der Waals surface area contributed by atoms with Gasteiger partial charge in [0.1, 0.15) is 12.4 Å². The SMILES string of the molecule is CCOc1cc(CN2CCC(Nc3ccc(N4CCOCC4)nc3)CC2)ccc1OCc1ccccc1. The molecule has 0 spiro atoms. The number of benzene rings is 2. The maximum absolute atomic E-state index is 6.07. The van der Waals surface area contributed by atoms with Crippen LogP contribution in [0, 0.1) is 0 Å². The molecule has 5 rings (SSSR count). The number of nitrogens with zero attached hydrogens (tertiary/aromatic N) is 3. The van der Waals surface area contributed by atoms with Gasteiger partial charge in [-0.1, -0.05) is 36.4 Å². The third kappa shape index (κ3) is 7.14. The minimum atomic E-state index is 0.472. The number of morpholine rings is 1. The van der Waals surface area contributed by atoms with E-state index < -0.39 is 0 Å². The molecule has 0 bridgehead atoms. The second-order valence-electron chi connectivity index (χ2n) is 9.69. The highest BCUT2D eigenvalue weighted by Gasteiger charge is 2.20. The van der Waals surface area contributed by atoms with Gasteiger partial charge in [0, 0.05) is 38.8 Å². The minimum Gasteiger partial charge on any atom is -0.490 e. The Bertz CT molecular complexity index is 1100. The Morgan fingerprint density at radius 1 is 0.892 bits per heavy atom. The summed E-state index contributed by atoms with van der Waals surface area (Å²) in [6, 6.07) is 21.3. The molecule has 1 aromatic heterocycles. The lowest BCUT2D eigenvalue weighted by atomic mass is 10.0. The number of hydrogen-bond donors (Lipinski definition) is 1. The number of likely N-dealkylation sites (tertiary alicyclic amines) is 1. The van der Waals surface area contributed by atoms with Crippen molar-refractivity contribution in [1.82, 2.24) is 9.88 Å². The summed E-state index contributed by atoms with van der Waals surface area (Å²) in [6.07, 6.45) is 4.19. The van der Waals surface area contributed by atoms with Crippen LogP contribution >= 0.6 is 0 Å². The lowest BCUT2D eigenvalue weighted by molar-refractivity contribution is 0.122. The molecule has 0 unspecified atom stereocenters. The van der Waals surface area contributed by atoms with E-state index in [1.165, 1.54) is 5.56 Å². The number of hydrogen-bond acceptors (Lipinski definition) is 7. The van der Waals surface area contributed by atoms with E-state index in [2.05, 4.69) is 56.5 Å². The molecule has 2 saturated heterocycles. The van der Waals surface area contributed by atoms with Crippen LogP contribution in [0.3, 0.4) is 0 Å². The molecule has 2 aliphatic rings. The van der Waals surface area contributed by atoms with Crippen LogP contribution in [0.25, 0.3) is 0 Å². The van der Waals surface area contributed by atoms with Gasteiger partial charge in [0.2, 0.25) is 0 Å². The molecule has 196 valence electrons. The summed E-state index contributed by atoms with van der Waals surface area (Å²) in [6.45, 7) is 9.58. The van der Waals surface area contributed by atoms with Gasteiger partial charge in [0.15, 0.2) is 11.5 Å². The van der Waals surface area contributed by atoms with Crippen LogP contribution in [0.4, 0.5) is 11.5 Å². The van der Waals surface area contributed by atoms with Gasteiger partial charge in [-0.05, 0) is 55.2 Å². The summed E-state index contributed by atoms with van der Waals surface area (Å²) >= 11 is 0. The molecule has 37 heavy (non-hydrogen) atoms. The van der Waals surface area contributed by atoms with Gasteiger partial charge in [0.05, 0.1) is 31.7 Å². The molecular weight excluding hydrogens is 464 g/mol. The number of anilines is 2. The van der Waals surface area contributed by atoms with Gasteiger partial charge in [-0.3, -0.25) is 4.90 Å². The average Bonchev–Trinajstić information content (AvgIpc) is 2.95. The van der Waals surface area contributed by atoms with E-state index in [0.29, 0.717) is 19.3 Å². The molecule has 1 N–H and O–H groups in total. The summed E-state index contributed by atoms with van der Waals surface area (Å²) in [5.41, 5.74) is 3.50. The smallest absolute Gasteiger partial charge is 0.161 e. The highest BCUT2D eigenvalue weighted by Crippen LogP contribution is 2.30. The fourth-order valence-corrected chi connectivity index (χ4v) is 4.95. The predicted molar refractivity (Wildman–Crippen MR) is 148 cm³/mol. The number of pyridine rings is 1. The lowest BCUT2D eigenvalue weighted by Gasteiger charge is -2.33. The van der Waals surface area contributed by atoms with Crippen LogP contribution in [0.1, 0.15) is 30.9 Å². The van der Waals surface area contributed by atoms with Crippen molar-refractivity contribution in [2.45, 2.75) is 39.0 Å². The number of ether oxygens (including phenoxy) is 3. The first-order valence-corrected chi connectivity index (χ1v) is 13.5. The van der Waals surface area contributed by atoms with Crippen LogP contribution in [0.5, 0.6) is 11.5 Å². The number of piperidine rings is 1. The van der Waals surface area contributed by atoms with Crippen molar-refractivity contribution >= 4 is 11.5 Å². The van der Waals surface area contributed by atoms with Gasteiger partial charge >= 0.3 is 0 Å². The third-order valence-electron chi connectivity index (χ3n) is 6.99. The second-order valence-corrected chi connectivity index (χ2v) is 9.69. The quantitative estimate of drug-likeness (QED) is 0.420. The van der Waals surface area contributed by atoms with Crippen LogP contribution in [-0.4, -0.2) is 61.9 Å². The number of aromatic nitrogens is 1. The van der Waals surface area contributed by atoms with E-state index in [1.807, 2.05) is 37.4 Å². The first-order valence-electron chi connectivity index (χ1n) is 13.5. The summed E-state index contributed by atoms with van der Waals surface area (Å²) in [5.74, 6) is 2.65. The Morgan fingerprint density at radius 3 is 2.43 bits per heavy atom. The molecule has 0 saturated carbocycles. The van der Waals surface area contributed by atoms with Crippen molar-refractivity contribution in [2.75, 3.05) is 56.2 Å². The van der Waals surface area contributed by atoms with Crippen molar-refractivity contribution < 1.29 is 14.2 Å². The highest BCUT2D eigenvalue weighted by molar-refractivity contribution is 5.49. The minimum absolute atomic E-state index is 0.472. The molecule has 0 aliphatic carbocycles. The molecular formula is C30H38N4O3. The Hall–Kier alpha value is -3.29. The van der Waals surface area contributed by atoms with Crippen molar-refractivity contribution in [3.8, 4) is 11.5 Å². The maximum atomic E-state index is 6.07. The Morgan fingerprint density at radius 2 is 1.70 bits per heavy atom. The first kappa shape index (κ1) is 25.4. The topological polar surface area (TPSA) is 59.1 Å². The lowest BCUT2D eigenvalue weighted by Crippen LogP contribution is -2.38. The zero-order valence-electron chi connectivity index (χ0n) is 21.8. The normalized spacial score (nSPS) is 16.9. The molecule has 3 aromatic rings. The van der Waals surface area contributed by atoms with Crippen LogP contribution in [-0.2, 0) is 17.9 Å². The Kier molecular flexibility index (Phi) is 8.77. The molecule has 2 fully saturated rings. The molecule has 0 amide bonds. The van der Waals surface area contributed by atoms with Gasteiger partial charge in [-0.2, -0.15) is 0 Å². The van der Waals surface area contributed by atoms with Crippen molar-refractivity contribution in [3.05, 3.63) is 78.0 Å². The third-order valence-corrected chi connectivity index (χ3v) is 6.99. The highest BCUT2D eigenvalue weighted by atomic mass is 16.5. The van der Waals surface area contributed by atoms with Gasteiger partial charge in [0.25, 0.3) is 0 Å². The van der Waals surface area contributed by atoms with Gasteiger partial charge < -0.3 is 24.4 Å². The molecule has 2 aliphatic heterocycles. The summed E-state index contributed by atoms with van der Waals surface area (Å²) < 4.78 is 17.4. The summed E-state index contributed by atoms with van der Waals surface area (Å²) in [5, 5.41) is 3.69. The zero-order valence-corrected chi connectivity index (χ0v) is 21.8. The van der Waals surface area contributed by atoms with E-state index in [9.17, 15) is 0 Å². The summed E-state index contributed by atoms with van der Waals surface area (Å²) in [7, 11) is 0. The van der Waals surface area contributed by atoms with E-state index in [4.69, 9.17) is 14.2 Å². The second kappa shape index (κ2) is 12.8. The fraction of sp³-hybridized carbons (Fsp3) is 0.433. The average molecular weight is 503 g/mol. The first-order chi connectivity index (χ1) is 18.3. The predicted octanol–water partition coefficient (Wildman–Crippen LogP) is 4.97. The molecule has 3 heterocycles. The van der Waals surface area contributed by atoms with Gasteiger partial charge in [-0.25, -0.2) is 4.98 Å². The van der Waals surface area contributed by atoms with Crippen LogP contribution < -0.4 is 19.7 Å². The number of nitrogens with one attached hydrogen (secondary N) is 1. The molecule has 7 heteroatoms. The van der Waals surface area contributed by atoms with Crippen molar-refractivity contribution in [2.24, 2.45) is 0 Å². The van der Waals surface area contributed by atoms with E-state index in [1.54, 1.807) is 0 Å². The summed E-state index contributed by atoms with van der Waals surface area (Å²) in [4.78, 5) is 9.48. The zero-order chi connectivity index (χ0) is 25.3. The molecule has 2 aromatic carbocycles. The van der Waals surface area contributed by atoms with E-state index in [0.717, 1.165) is 87.3 Å². The Labute approximate surface area is 220 Å². The maximum Gasteiger partial charge on any atom is 0.161 e. The standard InChI is InChI=1S/C30H38N4O3/c1-2-36-29-20-25(8-10-28(29)37-23-24-6-4-3-5-7-24)22-33-14-12-26(13-15-33)32-27-9-11-30(31-21-27)34-16-18-35-19-17-34/h3-11,20-21,26,32H,2,12-19,22-23H2,1H3. The number of rotatable bonds is 10. The van der Waals surface area contributed by atoms with Gasteiger partial charge in [-0.15, -0.1) is 0 Å². The van der Waals surface area contributed by atoms with E-state index >= 15 is 0 Å². The molecule has 0 atom stereocenters. The molecule has 7 nitrogen and oxygen atoms in total.